The number of methoxy groups -OCH3 is 1. The molecule has 1 aliphatic rings. The Balaban J connectivity index is 1.80. The average Bonchev–Trinajstić information content (AvgIpc) is 2.59. The fourth-order valence-corrected chi connectivity index (χ4v) is 2.74. The average molecular weight is 360 g/mol. The van der Waals surface area contributed by atoms with Crippen LogP contribution in [0.5, 0.6) is 5.75 Å². The summed E-state index contributed by atoms with van der Waals surface area (Å²) in [6.45, 7) is 6.73. The van der Waals surface area contributed by atoms with Crippen LogP contribution < -0.4 is 10.1 Å². The minimum Gasteiger partial charge on any atom is -0.497 e. The lowest BCUT2D eigenvalue weighted by atomic mass is 10.1. The third-order valence-corrected chi connectivity index (χ3v) is 4.04. The largest absolute Gasteiger partial charge is 0.497 e. The normalized spacial score (nSPS) is 15.8. The zero-order chi connectivity index (χ0) is 19.2. The molecule has 0 unspecified atom stereocenters. The Morgan fingerprint density at radius 1 is 1.23 bits per heavy atom. The van der Waals surface area contributed by atoms with Gasteiger partial charge in [-0.1, -0.05) is 12.1 Å². The highest BCUT2D eigenvalue weighted by Crippen LogP contribution is 2.15. The van der Waals surface area contributed by atoms with E-state index in [9.17, 15) is 9.59 Å². The first-order chi connectivity index (χ1) is 12.3. The zero-order valence-corrected chi connectivity index (χ0v) is 16.0. The van der Waals surface area contributed by atoms with Gasteiger partial charge in [-0.2, -0.15) is 0 Å². The van der Waals surface area contributed by atoms with Crippen molar-refractivity contribution in [3.63, 3.8) is 0 Å². The van der Waals surface area contributed by atoms with E-state index >= 15 is 0 Å². The van der Waals surface area contributed by atoms with Gasteiger partial charge in [0, 0.05) is 25.2 Å². The van der Waals surface area contributed by atoms with Crippen LogP contribution in [0.4, 0.5) is 4.79 Å². The number of rotatable bonds is 4. The topological polar surface area (TPSA) is 67.9 Å². The molecule has 1 fully saturated rings. The van der Waals surface area contributed by atoms with Crippen LogP contribution >= 0.6 is 0 Å². The summed E-state index contributed by atoms with van der Waals surface area (Å²) in [5, 5.41) is 2.87. The van der Waals surface area contributed by atoms with Crippen molar-refractivity contribution in [2.45, 2.75) is 45.3 Å². The minimum atomic E-state index is -0.508. The highest BCUT2D eigenvalue weighted by atomic mass is 16.6. The Kier molecular flexibility index (Phi) is 6.66. The molecule has 1 N–H and O–H groups in total. The maximum absolute atomic E-state index is 12.3. The molecule has 1 saturated heterocycles. The molecule has 6 nitrogen and oxygen atoms in total. The van der Waals surface area contributed by atoms with Crippen molar-refractivity contribution in [1.82, 2.24) is 10.2 Å². The molecule has 2 amide bonds. The fourth-order valence-electron chi connectivity index (χ4n) is 2.74. The van der Waals surface area contributed by atoms with Gasteiger partial charge in [0.2, 0.25) is 5.91 Å². The number of piperidine rings is 1. The molecule has 0 aliphatic carbocycles. The zero-order valence-electron chi connectivity index (χ0n) is 16.0. The van der Waals surface area contributed by atoms with Crippen LogP contribution in [0, 0.1) is 0 Å². The van der Waals surface area contributed by atoms with Crippen molar-refractivity contribution < 1.29 is 19.1 Å². The standard InChI is InChI=1S/C20H28N2O4/c1-20(2,3)26-19(24)21-16-10-12-22(13-11-16)18(23)9-8-15-6-5-7-17(14-15)25-4/h5-9,14,16H,10-13H2,1-4H3,(H,21,24)/b9-8+. The summed E-state index contributed by atoms with van der Waals surface area (Å²) in [5.41, 5.74) is 0.408. The third kappa shape index (κ3) is 6.43. The second-order valence-electron chi connectivity index (χ2n) is 7.36. The van der Waals surface area contributed by atoms with Gasteiger partial charge in [0.1, 0.15) is 11.4 Å². The Labute approximate surface area is 155 Å². The number of carbonyl (C=O) groups excluding carboxylic acids is 2. The number of likely N-dealkylation sites (tertiary alicyclic amines) is 1. The number of amides is 2. The molecule has 6 heteroatoms. The Bertz CT molecular complexity index is 656. The smallest absolute Gasteiger partial charge is 0.407 e. The SMILES string of the molecule is COc1cccc(/C=C/C(=O)N2CCC(NC(=O)OC(C)(C)C)CC2)c1. The lowest BCUT2D eigenvalue weighted by molar-refractivity contribution is -0.127. The summed E-state index contributed by atoms with van der Waals surface area (Å²) in [6, 6.07) is 7.58. The van der Waals surface area contributed by atoms with Gasteiger partial charge in [-0.3, -0.25) is 4.79 Å². The van der Waals surface area contributed by atoms with Crippen LogP contribution in [0.15, 0.2) is 30.3 Å². The van der Waals surface area contributed by atoms with E-state index in [1.165, 1.54) is 0 Å². The second-order valence-corrected chi connectivity index (χ2v) is 7.36. The Morgan fingerprint density at radius 3 is 2.54 bits per heavy atom. The van der Waals surface area contributed by atoms with Crippen molar-refractivity contribution >= 4 is 18.1 Å². The molecule has 0 spiro atoms. The van der Waals surface area contributed by atoms with Gasteiger partial charge in [0.25, 0.3) is 0 Å². The third-order valence-electron chi connectivity index (χ3n) is 4.04. The van der Waals surface area contributed by atoms with Crippen LogP contribution in [-0.4, -0.2) is 48.7 Å². The van der Waals surface area contributed by atoms with Gasteiger partial charge in [0.05, 0.1) is 7.11 Å². The van der Waals surface area contributed by atoms with E-state index in [1.807, 2.05) is 45.0 Å². The maximum atomic E-state index is 12.3. The number of alkyl carbamates (subject to hydrolysis) is 1. The molecule has 1 aromatic rings. The fraction of sp³-hybridized carbons (Fsp3) is 0.500. The van der Waals surface area contributed by atoms with E-state index in [0.29, 0.717) is 13.1 Å². The highest BCUT2D eigenvalue weighted by molar-refractivity contribution is 5.91. The van der Waals surface area contributed by atoms with E-state index < -0.39 is 11.7 Å². The van der Waals surface area contributed by atoms with E-state index in [1.54, 1.807) is 24.2 Å². The minimum absolute atomic E-state index is 0.0245. The number of carbonyl (C=O) groups is 2. The number of ether oxygens (including phenoxy) is 2. The molecular weight excluding hydrogens is 332 g/mol. The lowest BCUT2D eigenvalue weighted by Gasteiger charge is -2.32. The van der Waals surface area contributed by atoms with Crippen molar-refractivity contribution in [1.29, 1.82) is 0 Å². The molecule has 26 heavy (non-hydrogen) atoms. The molecule has 2 rings (SSSR count). The number of hydrogen-bond donors (Lipinski definition) is 1. The maximum Gasteiger partial charge on any atom is 0.407 e. The quantitative estimate of drug-likeness (QED) is 0.837. The van der Waals surface area contributed by atoms with E-state index in [2.05, 4.69) is 5.32 Å². The van der Waals surface area contributed by atoms with E-state index in [4.69, 9.17) is 9.47 Å². The predicted molar refractivity (Wildman–Crippen MR) is 101 cm³/mol. The number of hydrogen-bond acceptors (Lipinski definition) is 4. The van der Waals surface area contributed by atoms with Gasteiger partial charge in [-0.05, 0) is 57.4 Å². The number of nitrogens with zero attached hydrogens (tertiary/aromatic N) is 1. The van der Waals surface area contributed by atoms with Gasteiger partial charge in [-0.15, -0.1) is 0 Å². The van der Waals surface area contributed by atoms with Gasteiger partial charge in [0.15, 0.2) is 0 Å². The van der Waals surface area contributed by atoms with Crippen LogP contribution in [0.1, 0.15) is 39.2 Å². The highest BCUT2D eigenvalue weighted by Gasteiger charge is 2.24. The molecule has 0 bridgehead atoms. The monoisotopic (exact) mass is 360 g/mol. The molecular formula is C20H28N2O4. The van der Waals surface area contributed by atoms with Crippen molar-refractivity contribution in [3.05, 3.63) is 35.9 Å². The van der Waals surface area contributed by atoms with Crippen molar-refractivity contribution in [2.24, 2.45) is 0 Å². The molecule has 1 aromatic carbocycles. The summed E-state index contributed by atoms with van der Waals surface area (Å²) >= 11 is 0. The molecule has 0 atom stereocenters. The molecule has 142 valence electrons. The summed E-state index contributed by atoms with van der Waals surface area (Å²) < 4.78 is 10.4. The summed E-state index contributed by atoms with van der Waals surface area (Å²) in [6.07, 6.45) is 4.41. The van der Waals surface area contributed by atoms with E-state index in [-0.39, 0.29) is 11.9 Å². The Morgan fingerprint density at radius 2 is 1.92 bits per heavy atom. The van der Waals surface area contributed by atoms with Crippen LogP contribution in [-0.2, 0) is 9.53 Å². The molecule has 0 aromatic heterocycles. The summed E-state index contributed by atoms with van der Waals surface area (Å²) in [4.78, 5) is 26.0. The van der Waals surface area contributed by atoms with E-state index in [0.717, 1.165) is 24.2 Å². The molecule has 1 aliphatic heterocycles. The Hall–Kier alpha value is -2.50. The van der Waals surface area contributed by atoms with Crippen molar-refractivity contribution in [2.75, 3.05) is 20.2 Å². The second kappa shape index (κ2) is 8.74. The predicted octanol–water partition coefficient (Wildman–Crippen LogP) is 3.22. The first-order valence-electron chi connectivity index (χ1n) is 8.87. The first-order valence-corrected chi connectivity index (χ1v) is 8.87. The first kappa shape index (κ1) is 19.8. The van der Waals surface area contributed by atoms with Gasteiger partial charge >= 0.3 is 6.09 Å². The molecule has 0 radical (unpaired) electrons. The van der Waals surface area contributed by atoms with Crippen LogP contribution in [0.25, 0.3) is 6.08 Å². The number of nitrogens with one attached hydrogen (secondary N) is 1. The van der Waals surface area contributed by atoms with Crippen LogP contribution in [0.2, 0.25) is 0 Å². The lowest BCUT2D eigenvalue weighted by Crippen LogP contribution is -2.47. The molecule has 0 saturated carbocycles. The molecule has 1 heterocycles. The summed E-state index contributed by atoms with van der Waals surface area (Å²) in [7, 11) is 1.61. The van der Waals surface area contributed by atoms with Crippen LogP contribution in [0.3, 0.4) is 0 Å². The number of benzene rings is 1. The van der Waals surface area contributed by atoms with Gasteiger partial charge < -0.3 is 19.7 Å². The summed E-state index contributed by atoms with van der Waals surface area (Å²) in [5.74, 6) is 0.733. The van der Waals surface area contributed by atoms with Crippen molar-refractivity contribution in [3.8, 4) is 5.75 Å². The van der Waals surface area contributed by atoms with Gasteiger partial charge in [-0.25, -0.2) is 4.79 Å².